The molecule has 2 N–H and O–H groups in total. The Bertz CT molecular complexity index is 609. The van der Waals surface area contributed by atoms with Crippen LogP contribution in [0, 0.1) is 5.92 Å². The van der Waals surface area contributed by atoms with Gasteiger partial charge in [0.2, 0.25) is 10.0 Å². The zero-order chi connectivity index (χ0) is 14.9. The second-order valence-electron chi connectivity index (χ2n) is 6.25. The van der Waals surface area contributed by atoms with Crippen LogP contribution in [0.1, 0.15) is 44.6 Å². The first-order valence-corrected chi connectivity index (χ1v) is 9.46. The molecule has 0 radical (unpaired) electrons. The van der Waals surface area contributed by atoms with Crippen LogP contribution in [0.2, 0.25) is 0 Å². The van der Waals surface area contributed by atoms with E-state index in [1.54, 1.807) is 12.1 Å². The number of sulfonamides is 1. The first kappa shape index (κ1) is 14.9. The third-order valence-corrected chi connectivity index (χ3v) is 5.98. The quantitative estimate of drug-likeness (QED) is 0.849. The molecule has 1 fully saturated rings. The number of nitrogens with one attached hydrogen (secondary N) is 2. The van der Waals surface area contributed by atoms with E-state index < -0.39 is 10.0 Å². The Morgan fingerprint density at radius 1 is 1.38 bits per heavy atom. The number of rotatable bonds is 6. The number of benzene rings is 1. The van der Waals surface area contributed by atoms with E-state index in [1.807, 2.05) is 13.0 Å². The lowest BCUT2D eigenvalue weighted by atomic mass is 10.0. The Morgan fingerprint density at radius 3 is 2.90 bits per heavy atom. The van der Waals surface area contributed by atoms with Crippen molar-refractivity contribution in [1.82, 2.24) is 4.72 Å². The van der Waals surface area contributed by atoms with E-state index in [9.17, 15) is 8.42 Å². The summed E-state index contributed by atoms with van der Waals surface area (Å²) >= 11 is 0. The van der Waals surface area contributed by atoms with Gasteiger partial charge in [-0.05, 0) is 49.3 Å². The summed E-state index contributed by atoms with van der Waals surface area (Å²) in [6, 6.07) is 5.52. The topological polar surface area (TPSA) is 58.2 Å². The van der Waals surface area contributed by atoms with Gasteiger partial charge in [0.15, 0.2) is 0 Å². The highest BCUT2D eigenvalue weighted by molar-refractivity contribution is 7.89. The van der Waals surface area contributed by atoms with E-state index in [-0.39, 0.29) is 6.04 Å². The Labute approximate surface area is 127 Å². The second-order valence-corrected chi connectivity index (χ2v) is 7.97. The zero-order valence-electron chi connectivity index (χ0n) is 12.6. The van der Waals surface area contributed by atoms with Crippen LogP contribution < -0.4 is 10.0 Å². The molecule has 1 heterocycles. The first-order valence-electron chi connectivity index (χ1n) is 7.97. The third-order valence-electron chi connectivity index (χ3n) is 4.46. The van der Waals surface area contributed by atoms with Gasteiger partial charge in [0, 0.05) is 18.3 Å². The summed E-state index contributed by atoms with van der Waals surface area (Å²) in [7, 11) is -3.41. The minimum Gasteiger partial charge on any atom is -0.385 e. The summed E-state index contributed by atoms with van der Waals surface area (Å²) < 4.78 is 28.0. The highest BCUT2D eigenvalue weighted by atomic mass is 32.2. The molecule has 1 aliphatic carbocycles. The Balaban J connectivity index is 1.76. The first-order chi connectivity index (χ1) is 10.1. The molecule has 1 aliphatic heterocycles. The standard InChI is InChI=1S/C16H24N2O2S/c1-2-14(10-12-5-6-12)18-21(19,20)15-8-7-13-4-3-9-17-16(13)11-15/h7-8,11-12,14,17-18H,2-6,9-10H2,1H3. The minimum atomic E-state index is -3.41. The van der Waals surface area contributed by atoms with Gasteiger partial charge in [-0.2, -0.15) is 0 Å². The van der Waals surface area contributed by atoms with Gasteiger partial charge in [-0.15, -0.1) is 0 Å². The summed E-state index contributed by atoms with van der Waals surface area (Å²) in [5.74, 6) is 0.725. The second kappa shape index (κ2) is 5.97. The van der Waals surface area contributed by atoms with Crippen molar-refractivity contribution in [3.63, 3.8) is 0 Å². The lowest BCUT2D eigenvalue weighted by Crippen LogP contribution is -2.34. The summed E-state index contributed by atoms with van der Waals surface area (Å²) in [5.41, 5.74) is 2.18. The molecule has 1 unspecified atom stereocenters. The van der Waals surface area contributed by atoms with Crippen LogP contribution in [0.25, 0.3) is 0 Å². The van der Waals surface area contributed by atoms with Crippen LogP contribution >= 0.6 is 0 Å². The highest BCUT2D eigenvalue weighted by Gasteiger charge is 2.28. The molecule has 2 aliphatic rings. The average Bonchev–Trinajstić information content (AvgIpc) is 3.29. The maximum Gasteiger partial charge on any atom is 0.240 e. The molecular formula is C16H24N2O2S. The maximum absolute atomic E-state index is 12.6. The molecule has 0 spiro atoms. The molecule has 1 atom stereocenters. The lowest BCUT2D eigenvalue weighted by Gasteiger charge is -2.20. The van der Waals surface area contributed by atoms with Crippen molar-refractivity contribution < 1.29 is 8.42 Å². The molecule has 116 valence electrons. The van der Waals surface area contributed by atoms with Crippen molar-refractivity contribution in [3.8, 4) is 0 Å². The van der Waals surface area contributed by atoms with Crippen molar-refractivity contribution in [3.05, 3.63) is 23.8 Å². The summed E-state index contributed by atoms with van der Waals surface area (Å²) in [4.78, 5) is 0.380. The number of anilines is 1. The normalized spacial score (nSPS) is 19.7. The van der Waals surface area contributed by atoms with Gasteiger partial charge in [0.05, 0.1) is 4.90 Å². The fourth-order valence-corrected chi connectivity index (χ4v) is 4.31. The number of fused-ring (bicyclic) bond motifs is 1. The van der Waals surface area contributed by atoms with E-state index in [0.29, 0.717) is 4.90 Å². The molecule has 21 heavy (non-hydrogen) atoms. The van der Waals surface area contributed by atoms with E-state index in [2.05, 4.69) is 10.0 Å². The van der Waals surface area contributed by atoms with Crippen LogP contribution in [0.5, 0.6) is 0 Å². The number of aryl methyl sites for hydroxylation is 1. The molecule has 0 amide bonds. The molecule has 1 aromatic rings. The Kier molecular flexibility index (Phi) is 4.22. The van der Waals surface area contributed by atoms with Crippen LogP contribution in [0.4, 0.5) is 5.69 Å². The summed E-state index contributed by atoms with van der Waals surface area (Å²) in [5, 5.41) is 3.29. The molecule has 0 bridgehead atoms. The smallest absolute Gasteiger partial charge is 0.240 e. The van der Waals surface area contributed by atoms with Gasteiger partial charge in [-0.3, -0.25) is 0 Å². The van der Waals surface area contributed by atoms with Crippen LogP contribution in [-0.4, -0.2) is 21.0 Å². The molecule has 5 heteroatoms. The van der Waals surface area contributed by atoms with Crippen molar-refractivity contribution in [1.29, 1.82) is 0 Å². The van der Waals surface area contributed by atoms with Gasteiger partial charge < -0.3 is 5.32 Å². The van der Waals surface area contributed by atoms with Crippen LogP contribution in [0.15, 0.2) is 23.1 Å². The zero-order valence-corrected chi connectivity index (χ0v) is 13.4. The molecule has 0 saturated heterocycles. The van der Waals surface area contributed by atoms with E-state index in [4.69, 9.17) is 0 Å². The molecule has 4 nitrogen and oxygen atoms in total. The fraction of sp³-hybridized carbons (Fsp3) is 0.625. The molecule has 3 rings (SSSR count). The van der Waals surface area contributed by atoms with Crippen molar-refractivity contribution in [2.75, 3.05) is 11.9 Å². The van der Waals surface area contributed by atoms with Crippen LogP contribution in [0.3, 0.4) is 0 Å². The van der Waals surface area contributed by atoms with Gasteiger partial charge in [-0.1, -0.05) is 25.8 Å². The molecule has 0 aromatic heterocycles. The monoisotopic (exact) mass is 308 g/mol. The SMILES string of the molecule is CCC(CC1CC1)NS(=O)(=O)c1ccc2c(c1)NCCC2. The predicted molar refractivity (Wildman–Crippen MR) is 85.0 cm³/mol. The fourth-order valence-electron chi connectivity index (χ4n) is 2.95. The Hall–Kier alpha value is -1.07. The van der Waals surface area contributed by atoms with E-state index >= 15 is 0 Å². The van der Waals surface area contributed by atoms with Gasteiger partial charge >= 0.3 is 0 Å². The Morgan fingerprint density at radius 2 is 2.19 bits per heavy atom. The average molecular weight is 308 g/mol. The minimum absolute atomic E-state index is 0.0616. The predicted octanol–water partition coefficient (Wildman–Crippen LogP) is 2.90. The largest absolute Gasteiger partial charge is 0.385 e. The summed E-state index contributed by atoms with van der Waals surface area (Å²) in [6.07, 6.45) is 6.45. The van der Waals surface area contributed by atoms with Crippen molar-refractivity contribution in [2.24, 2.45) is 5.92 Å². The molecule has 1 aromatic carbocycles. The van der Waals surface area contributed by atoms with E-state index in [0.717, 1.165) is 43.8 Å². The van der Waals surface area contributed by atoms with Crippen molar-refractivity contribution in [2.45, 2.75) is 56.4 Å². The highest BCUT2D eigenvalue weighted by Crippen LogP contribution is 2.34. The maximum atomic E-state index is 12.6. The molecular weight excluding hydrogens is 284 g/mol. The van der Waals surface area contributed by atoms with E-state index in [1.165, 1.54) is 18.4 Å². The van der Waals surface area contributed by atoms with Crippen LogP contribution in [-0.2, 0) is 16.4 Å². The summed E-state index contributed by atoms with van der Waals surface area (Å²) in [6.45, 7) is 2.97. The van der Waals surface area contributed by atoms with Crippen molar-refractivity contribution >= 4 is 15.7 Å². The molecule has 1 saturated carbocycles. The van der Waals surface area contributed by atoms with Gasteiger partial charge in [0.25, 0.3) is 0 Å². The van der Waals surface area contributed by atoms with Gasteiger partial charge in [0.1, 0.15) is 0 Å². The van der Waals surface area contributed by atoms with Gasteiger partial charge in [-0.25, -0.2) is 13.1 Å². The number of hydrogen-bond acceptors (Lipinski definition) is 3. The third kappa shape index (κ3) is 3.58. The number of hydrogen-bond donors (Lipinski definition) is 2. The lowest BCUT2D eigenvalue weighted by molar-refractivity contribution is 0.495.